The lowest BCUT2D eigenvalue weighted by Crippen LogP contribution is -2.19. The first-order valence-electron chi connectivity index (χ1n) is 8.52. The number of sulfone groups is 1. The van der Waals surface area contributed by atoms with Crippen LogP contribution in [0.25, 0.3) is 0 Å². The largest absolute Gasteiger partial charge is 0.465 e. The van der Waals surface area contributed by atoms with Gasteiger partial charge in [-0.25, -0.2) is 13.2 Å². The monoisotopic (exact) mass is 385 g/mol. The molecule has 0 unspecified atom stereocenters. The number of hydrogen-bond acceptors (Lipinski definition) is 6. The molecule has 0 bridgehead atoms. The van der Waals surface area contributed by atoms with E-state index in [2.05, 4.69) is 12.2 Å². The van der Waals surface area contributed by atoms with Crippen molar-refractivity contribution in [3.05, 3.63) is 16.0 Å². The van der Waals surface area contributed by atoms with Crippen LogP contribution in [0.15, 0.2) is 0 Å². The van der Waals surface area contributed by atoms with Gasteiger partial charge in [-0.05, 0) is 43.1 Å². The zero-order valence-corrected chi connectivity index (χ0v) is 16.1. The van der Waals surface area contributed by atoms with Crippen molar-refractivity contribution in [2.75, 3.05) is 23.9 Å². The summed E-state index contributed by atoms with van der Waals surface area (Å²) in [5, 5.41) is 3.37. The van der Waals surface area contributed by atoms with Gasteiger partial charge in [-0.15, -0.1) is 11.3 Å². The van der Waals surface area contributed by atoms with Gasteiger partial charge in [0.1, 0.15) is 5.00 Å². The normalized spacial score (nSPS) is 24.6. The second-order valence-electron chi connectivity index (χ2n) is 7.07. The third-order valence-electron chi connectivity index (χ3n) is 4.95. The highest BCUT2D eigenvalue weighted by Crippen LogP contribution is 2.40. The number of nitrogens with one attached hydrogen (secondary N) is 1. The number of amides is 1. The van der Waals surface area contributed by atoms with Crippen LogP contribution in [0.2, 0.25) is 0 Å². The molecule has 3 rings (SSSR count). The fourth-order valence-corrected chi connectivity index (χ4v) is 6.91. The maximum Gasteiger partial charge on any atom is 0.341 e. The van der Waals surface area contributed by atoms with E-state index in [0.717, 1.165) is 29.7 Å². The molecule has 25 heavy (non-hydrogen) atoms. The van der Waals surface area contributed by atoms with Gasteiger partial charge >= 0.3 is 5.97 Å². The molecular formula is C17H23NO5S2. The topological polar surface area (TPSA) is 89.5 Å². The number of fused-ring (bicyclic) bond motifs is 1. The molecule has 1 amide bonds. The fraction of sp³-hybridized carbons (Fsp3) is 0.647. The van der Waals surface area contributed by atoms with E-state index in [0.29, 0.717) is 22.9 Å². The number of rotatable bonds is 4. The Balaban J connectivity index is 1.77. The molecule has 1 saturated heterocycles. The van der Waals surface area contributed by atoms with Crippen molar-refractivity contribution in [2.24, 2.45) is 11.8 Å². The highest BCUT2D eigenvalue weighted by atomic mass is 32.2. The summed E-state index contributed by atoms with van der Waals surface area (Å²) in [7, 11) is -1.66. The number of anilines is 1. The summed E-state index contributed by atoms with van der Waals surface area (Å²) < 4.78 is 28.0. The molecule has 1 aliphatic carbocycles. The second kappa shape index (κ2) is 7.07. The lowest BCUT2D eigenvalue weighted by Gasteiger charge is -2.18. The molecule has 0 saturated carbocycles. The zero-order valence-electron chi connectivity index (χ0n) is 14.5. The first kappa shape index (κ1) is 18.4. The van der Waals surface area contributed by atoms with Crippen LogP contribution in [-0.2, 0) is 32.2 Å². The van der Waals surface area contributed by atoms with E-state index in [-0.39, 0.29) is 29.8 Å². The average Bonchev–Trinajstić information content (AvgIpc) is 3.05. The molecule has 8 heteroatoms. The Bertz CT molecular complexity index is 796. The van der Waals surface area contributed by atoms with Crippen molar-refractivity contribution in [2.45, 2.75) is 39.0 Å². The van der Waals surface area contributed by atoms with Crippen LogP contribution >= 0.6 is 11.3 Å². The number of esters is 1. The predicted octanol–water partition coefficient (Wildman–Crippen LogP) is 2.42. The molecule has 0 radical (unpaired) electrons. The SMILES string of the molecule is COC(=O)c1c(NC(=O)C[C@@H]2CCS(=O)(=O)C2)sc2c1CC[C@@H](C)C2. The summed E-state index contributed by atoms with van der Waals surface area (Å²) in [5.41, 5.74) is 1.47. The van der Waals surface area contributed by atoms with Crippen molar-refractivity contribution < 1.29 is 22.7 Å². The van der Waals surface area contributed by atoms with Gasteiger partial charge in [-0.2, -0.15) is 0 Å². The van der Waals surface area contributed by atoms with E-state index in [9.17, 15) is 18.0 Å². The second-order valence-corrected chi connectivity index (χ2v) is 10.4. The molecule has 6 nitrogen and oxygen atoms in total. The summed E-state index contributed by atoms with van der Waals surface area (Å²) in [6.07, 6.45) is 3.42. The molecule has 138 valence electrons. The Morgan fingerprint density at radius 2 is 2.08 bits per heavy atom. The standard InChI is InChI=1S/C17H23NO5S2/c1-10-3-4-12-13(7-10)24-16(15(12)17(20)23-2)18-14(19)8-11-5-6-25(21,22)9-11/h10-11H,3-9H2,1-2H3,(H,18,19)/t10-,11+/m1/s1. The van der Waals surface area contributed by atoms with E-state index in [1.165, 1.54) is 18.4 Å². The van der Waals surface area contributed by atoms with Gasteiger partial charge in [0.15, 0.2) is 9.84 Å². The van der Waals surface area contributed by atoms with Gasteiger partial charge in [0.2, 0.25) is 5.91 Å². The van der Waals surface area contributed by atoms with Crippen LogP contribution in [-0.4, -0.2) is 38.9 Å². The third-order valence-corrected chi connectivity index (χ3v) is 7.96. The summed E-state index contributed by atoms with van der Waals surface area (Å²) in [5.74, 6) is -0.0125. The first-order valence-corrected chi connectivity index (χ1v) is 11.2. The summed E-state index contributed by atoms with van der Waals surface area (Å²) in [6.45, 7) is 2.18. The van der Waals surface area contributed by atoms with Crippen LogP contribution in [0.3, 0.4) is 0 Å². The van der Waals surface area contributed by atoms with Crippen LogP contribution in [0.1, 0.15) is 47.0 Å². The predicted molar refractivity (Wildman–Crippen MR) is 96.9 cm³/mol. The Labute approximate surface area is 151 Å². The minimum Gasteiger partial charge on any atom is -0.465 e. The lowest BCUT2D eigenvalue weighted by atomic mass is 9.88. The third kappa shape index (κ3) is 4.06. The summed E-state index contributed by atoms with van der Waals surface area (Å²) >= 11 is 1.44. The minimum atomic E-state index is -3.00. The molecule has 2 atom stereocenters. The molecule has 1 aromatic rings. The number of hydrogen-bond donors (Lipinski definition) is 1. The molecule has 1 fully saturated rings. The molecule has 0 spiro atoms. The quantitative estimate of drug-likeness (QED) is 0.804. The lowest BCUT2D eigenvalue weighted by molar-refractivity contribution is -0.116. The molecule has 1 aliphatic heterocycles. The average molecular weight is 386 g/mol. The number of ether oxygens (including phenoxy) is 1. The van der Waals surface area contributed by atoms with Crippen molar-refractivity contribution in [1.82, 2.24) is 0 Å². The smallest absolute Gasteiger partial charge is 0.341 e. The highest BCUT2D eigenvalue weighted by Gasteiger charge is 2.31. The van der Waals surface area contributed by atoms with Gasteiger partial charge in [0, 0.05) is 11.3 Å². The molecule has 0 aromatic carbocycles. The maximum atomic E-state index is 12.4. The molecular weight excluding hydrogens is 362 g/mol. The first-order chi connectivity index (χ1) is 11.8. The van der Waals surface area contributed by atoms with Gasteiger partial charge in [0.25, 0.3) is 0 Å². The number of carbonyl (C=O) groups is 2. The summed E-state index contributed by atoms with van der Waals surface area (Å²) in [6, 6.07) is 0. The van der Waals surface area contributed by atoms with Crippen LogP contribution in [0, 0.1) is 11.8 Å². The van der Waals surface area contributed by atoms with E-state index < -0.39 is 15.8 Å². The fourth-order valence-electron chi connectivity index (χ4n) is 3.63. The molecule has 1 aromatic heterocycles. The van der Waals surface area contributed by atoms with E-state index >= 15 is 0 Å². The molecule has 2 aliphatic rings. The van der Waals surface area contributed by atoms with E-state index in [1.54, 1.807) is 0 Å². The van der Waals surface area contributed by atoms with Crippen molar-refractivity contribution in [3.8, 4) is 0 Å². The van der Waals surface area contributed by atoms with Crippen LogP contribution in [0.4, 0.5) is 5.00 Å². The maximum absolute atomic E-state index is 12.4. The number of thiophene rings is 1. The minimum absolute atomic E-state index is 0.0722. The van der Waals surface area contributed by atoms with Crippen molar-refractivity contribution >= 4 is 38.1 Å². The Kier molecular flexibility index (Phi) is 5.20. The zero-order chi connectivity index (χ0) is 18.2. The number of methoxy groups -OCH3 is 1. The number of carbonyl (C=O) groups excluding carboxylic acids is 2. The van der Waals surface area contributed by atoms with Crippen molar-refractivity contribution in [1.29, 1.82) is 0 Å². The molecule has 1 N–H and O–H groups in total. The Morgan fingerprint density at radius 1 is 1.32 bits per heavy atom. The van der Waals surface area contributed by atoms with Crippen LogP contribution < -0.4 is 5.32 Å². The van der Waals surface area contributed by atoms with Crippen LogP contribution in [0.5, 0.6) is 0 Å². The Hall–Kier alpha value is -1.41. The van der Waals surface area contributed by atoms with E-state index in [4.69, 9.17) is 4.74 Å². The van der Waals surface area contributed by atoms with Gasteiger partial charge in [-0.3, -0.25) is 4.79 Å². The Morgan fingerprint density at radius 3 is 2.72 bits per heavy atom. The van der Waals surface area contributed by atoms with Gasteiger partial charge < -0.3 is 10.1 Å². The van der Waals surface area contributed by atoms with Crippen molar-refractivity contribution in [3.63, 3.8) is 0 Å². The van der Waals surface area contributed by atoms with Gasteiger partial charge in [0.05, 0.1) is 24.2 Å². The highest BCUT2D eigenvalue weighted by molar-refractivity contribution is 7.91. The summed E-state index contributed by atoms with van der Waals surface area (Å²) in [4.78, 5) is 25.7. The van der Waals surface area contributed by atoms with E-state index in [1.807, 2.05) is 0 Å². The van der Waals surface area contributed by atoms with Gasteiger partial charge in [-0.1, -0.05) is 6.92 Å². The molecule has 2 heterocycles.